The van der Waals surface area contributed by atoms with Gasteiger partial charge in [0.25, 0.3) is 0 Å². The van der Waals surface area contributed by atoms with Crippen molar-refractivity contribution in [3.63, 3.8) is 0 Å². The number of pyridine rings is 1. The number of aromatic nitrogens is 1. The van der Waals surface area contributed by atoms with Gasteiger partial charge in [0.15, 0.2) is 0 Å². The zero-order chi connectivity index (χ0) is 12.4. The molecule has 1 heterocycles. The third-order valence-electron chi connectivity index (χ3n) is 2.94. The number of hydrogen-bond donors (Lipinski definition) is 1. The highest BCUT2D eigenvalue weighted by Crippen LogP contribution is 2.33. The van der Waals surface area contributed by atoms with Crippen molar-refractivity contribution in [2.75, 3.05) is 7.11 Å². The van der Waals surface area contributed by atoms with Crippen LogP contribution in [0.5, 0.6) is 5.75 Å². The molecule has 0 radical (unpaired) electrons. The van der Waals surface area contributed by atoms with Crippen LogP contribution in [0, 0.1) is 18.5 Å². The first kappa shape index (κ1) is 11.9. The second-order valence-electron chi connectivity index (χ2n) is 4.02. The number of aryl methyl sites for hydroxylation is 1. The van der Waals surface area contributed by atoms with E-state index in [-0.39, 0.29) is 0 Å². The number of methoxy groups -OCH3 is 1. The Kier molecular flexibility index (Phi) is 3.29. The minimum atomic E-state index is 0.725. The molecule has 0 atom stereocenters. The van der Waals surface area contributed by atoms with Crippen molar-refractivity contribution >= 4 is 12.2 Å². The molecule has 3 heteroatoms. The number of hydrogen-bond acceptors (Lipinski definition) is 2. The molecule has 0 amide bonds. The van der Waals surface area contributed by atoms with Crippen molar-refractivity contribution in [2.24, 2.45) is 0 Å². The first-order chi connectivity index (χ1) is 8.13. The van der Waals surface area contributed by atoms with Crippen molar-refractivity contribution in [1.29, 1.82) is 0 Å². The number of aromatic amines is 1. The van der Waals surface area contributed by atoms with Gasteiger partial charge in [-0.15, -0.1) is 0 Å². The van der Waals surface area contributed by atoms with Crippen LogP contribution >= 0.6 is 12.2 Å². The molecule has 2 rings (SSSR count). The van der Waals surface area contributed by atoms with E-state index in [1.54, 1.807) is 7.11 Å². The summed E-state index contributed by atoms with van der Waals surface area (Å²) < 4.78 is 6.22. The Balaban J connectivity index is 2.68. The predicted octanol–water partition coefficient (Wildman–Crippen LogP) is 4.04. The van der Waals surface area contributed by atoms with E-state index in [1.165, 1.54) is 5.56 Å². The molecule has 0 bridgehead atoms. The normalized spacial score (nSPS) is 10.3. The Morgan fingerprint density at radius 3 is 2.53 bits per heavy atom. The highest BCUT2D eigenvalue weighted by molar-refractivity contribution is 7.71. The van der Waals surface area contributed by atoms with E-state index in [1.807, 2.05) is 18.2 Å². The van der Waals surface area contributed by atoms with Gasteiger partial charge >= 0.3 is 0 Å². The summed E-state index contributed by atoms with van der Waals surface area (Å²) in [6, 6.07) is 9.97. The molecule has 1 N–H and O–H groups in total. The van der Waals surface area contributed by atoms with Crippen LogP contribution in [0.25, 0.3) is 11.3 Å². The maximum absolute atomic E-state index is 5.50. The molecule has 1 aromatic heterocycles. The molecule has 0 spiro atoms. The molecule has 0 fully saturated rings. The Labute approximate surface area is 106 Å². The predicted molar refractivity (Wildman–Crippen MR) is 73.1 cm³/mol. The van der Waals surface area contributed by atoms with Gasteiger partial charge in [0.1, 0.15) is 10.4 Å². The van der Waals surface area contributed by atoms with Gasteiger partial charge in [0.2, 0.25) is 0 Å². The van der Waals surface area contributed by atoms with E-state index in [2.05, 4.69) is 31.0 Å². The largest absolute Gasteiger partial charge is 0.496 e. The standard InChI is InChI=1S/C14H15NOS/c1-9-7-8-11(14(16-3)10(9)2)12-5-4-6-13(17)15-12/h4-8H,1-3H3,(H,15,17). The van der Waals surface area contributed by atoms with Crippen LogP contribution in [0.15, 0.2) is 30.3 Å². The molecule has 17 heavy (non-hydrogen) atoms. The fraction of sp³-hybridized carbons (Fsp3) is 0.214. The van der Waals surface area contributed by atoms with E-state index < -0.39 is 0 Å². The van der Waals surface area contributed by atoms with Crippen LogP contribution in [-0.4, -0.2) is 12.1 Å². The van der Waals surface area contributed by atoms with Gasteiger partial charge in [-0.3, -0.25) is 0 Å². The molecular formula is C14H15NOS. The molecule has 0 aliphatic heterocycles. The van der Waals surface area contributed by atoms with Crippen molar-refractivity contribution < 1.29 is 4.74 Å². The van der Waals surface area contributed by atoms with Crippen LogP contribution in [0.1, 0.15) is 11.1 Å². The molecular weight excluding hydrogens is 230 g/mol. The van der Waals surface area contributed by atoms with Gasteiger partial charge in [-0.25, -0.2) is 0 Å². The van der Waals surface area contributed by atoms with E-state index in [0.717, 1.165) is 27.2 Å². The third-order valence-corrected chi connectivity index (χ3v) is 3.18. The highest BCUT2D eigenvalue weighted by atomic mass is 32.1. The number of nitrogens with one attached hydrogen (secondary N) is 1. The first-order valence-corrected chi connectivity index (χ1v) is 5.88. The van der Waals surface area contributed by atoms with Crippen molar-refractivity contribution in [2.45, 2.75) is 13.8 Å². The second-order valence-corrected chi connectivity index (χ2v) is 4.46. The molecule has 0 saturated carbocycles. The van der Waals surface area contributed by atoms with Crippen LogP contribution < -0.4 is 4.74 Å². The molecule has 1 aromatic carbocycles. The van der Waals surface area contributed by atoms with E-state index in [4.69, 9.17) is 17.0 Å². The SMILES string of the molecule is COc1c(-c2cccc(=S)[nH]2)ccc(C)c1C. The smallest absolute Gasteiger partial charge is 0.131 e. The molecule has 0 aliphatic carbocycles. The Morgan fingerprint density at radius 2 is 1.88 bits per heavy atom. The molecule has 0 saturated heterocycles. The van der Waals surface area contributed by atoms with Crippen LogP contribution in [-0.2, 0) is 0 Å². The third kappa shape index (κ3) is 2.24. The lowest BCUT2D eigenvalue weighted by atomic mass is 10.0. The lowest BCUT2D eigenvalue weighted by Crippen LogP contribution is -1.95. The summed E-state index contributed by atoms with van der Waals surface area (Å²) in [6.07, 6.45) is 0. The molecule has 0 unspecified atom stereocenters. The maximum atomic E-state index is 5.50. The van der Waals surface area contributed by atoms with E-state index in [9.17, 15) is 0 Å². The van der Waals surface area contributed by atoms with Crippen LogP contribution in [0.3, 0.4) is 0 Å². The fourth-order valence-corrected chi connectivity index (χ4v) is 2.06. The summed E-state index contributed by atoms with van der Waals surface area (Å²) in [4.78, 5) is 3.18. The second kappa shape index (κ2) is 4.72. The fourth-order valence-electron chi connectivity index (χ4n) is 1.87. The molecule has 88 valence electrons. The van der Waals surface area contributed by atoms with Crippen LogP contribution in [0.4, 0.5) is 0 Å². The topological polar surface area (TPSA) is 25.0 Å². The summed E-state index contributed by atoms with van der Waals surface area (Å²) in [5.74, 6) is 0.904. The van der Waals surface area contributed by atoms with Gasteiger partial charge in [0.05, 0.1) is 12.8 Å². The van der Waals surface area contributed by atoms with Crippen molar-refractivity contribution in [1.82, 2.24) is 4.98 Å². The summed E-state index contributed by atoms with van der Waals surface area (Å²) in [5.41, 5.74) is 4.41. The van der Waals surface area contributed by atoms with Gasteiger partial charge < -0.3 is 9.72 Å². The average molecular weight is 245 g/mol. The number of H-pyrrole nitrogens is 1. The Hall–Kier alpha value is -1.61. The number of rotatable bonds is 2. The van der Waals surface area contributed by atoms with E-state index >= 15 is 0 Å². The Bertz CT molecular complexity index is 601. The molecule has 0 aliphatic rings. The lowest BCUT2D eigenvalue weighted by molar-refractivity contribution is 0.413. The number of ether oxygens (including phenoxy) is 1. The zero-order valence-corrected chi connectivity index (χ0v) is 11.0. The van der Waals surface area contributed by atoms with Gasteiger partial charge in [0, 0.05) is 5.56 Å². The monoisotopic (exact) mass is 245 g/mol. The van der Waals surface area contributed by atoms with Crippen molar-refractivity contribution in [3.05, 3.63) is 46.1 Å². The quantitative estimate of drug-likeness (QED) is 0.808. The van der Waals surface area contributed by atoms with Crippen LogP contribution in [0.2, 0.25) is 0 Å². The van der Waals surface area contributed by atoms with Gasteiger partial charge in [-0.05, 0) is 43.2 Å². The molecule has 2 aromatic rings. The summed E-state index contributed by atoms with van der Waals surface area (Å²) in [6.45, 7) is 4.14. The van der Waals surface area contributed by atoms with Crippen molar-refractivity contribution in [3.8, 4) is 17.0 Å². The zero-order valence-electron chi connectivity index (χ0n) is 10.2. The Morgan fingerprint density at radius 1 is 1.12 bits per heavy atom. The number of benzene rings is 1. The molecule has 2 nitrogen and oxygen atoms in total. The maximum Gasteiger partial charge on any atom is 0.131 e. The summed E-state index contributed by atoms with van der Waals surface area (Å²) in [7, 11) is 1.70. The van der Waals surface area contributed by atoms with Gasteiger partial charge in [-0.2, -0.15) is 0 Å². The average Bonchev–Trinajstić information content (AvgIpc) is 2.32. The minimum absolute atomic E-state index is 0.725. The van der Waals surface area contributed by atoms with E-state index in [0.29, 0.717) is 0 Å². The summed E-state index contributed by atoms with van der Waals surface area (Å²) in [5, 5.41) is 0. The summed E-state index contributed by atoms with van der Waals surface area (Å²) >= 11 is 5.14. The minimum Gasteiger partial charge on any atom is -0.496 e. The van der Waals surface area contributed by atoms with Gasteiger partial charge in [-0.1, -0.05) is 24.4 Å². The lowest BCUT2D eigenvalue weighted by Gasteiger charge is -2.13. The highest BCUT2D eigenvalue weighted by Gasteiger charge is 2.10. The first-order valence-electron chi connectivity index (χ1n) is 5.47.